The number of nitrogens with zero attached hydrogens (tertiary/aromatic N) is 6. The van der Waals surface area contributed by atoms with E-state index in [1.807, 2.05) is 0 Å². The number of carbonyl (C=O) groups excluding carboxylic acids is 4. The molecular formula is C16H26N10O4+2. The topological polar surface area (TPSA) is 186 Å². The summed E-state index contributed by atoms with van der Waals surface area (Å²) in [6, 6.07) is -1.69. The average molecular weight is 422 g/mol. The van der Waals surface area contributed by atoms with Crippen molar-refractivity contribution in [3.63, 3.8) is 0 Å². The monoisotopic (exact) mass is 422 g/mol. The first-order valence-electron chi connectivity index (χ1n) is 8.98. The maximum absolute atomic E-state index is 11.5. The molecule has 6 amide bonds. The van der Waals surface area contributed by atoms with Crippen molar-refractivity contribution < 1.29 is 29.2 Å². The van der Waals surface area contributed by atoms with Crippen molar-refractivity contribution in [3.05, 3.63) is 0 Å². The van der Waals surface area contributed by atoms with Crippen LogP contribution in [-0.4, -0.2) is 121 Å². The minimum Gasteiger partial charge on any atom is -0.329 e. The first-order chi connectivity index (χ1) is 14.2. The summed E-state index contributed by atoms with van der Waals surface area (Å²) in [4.78, 5) is 64.0. The smallest absolute Gasteiger partial charge is 0.329 e. The third-order valence-corrected chi connectivity index (χ3v) is 4.55. The van der Waals surface area contributed by atoms with E-state index in [2.05, 4.69) is 20.0 Å². The normalized spacial score (nSPS) is 24.1. The largest absolute Gasteiger partial charge is 0.333 e. The highest BCUT2D eigenvalue weighted by atomic mass is 16.2. The molecule has 0 saturated carbocycles. The van der Waals surface area contributed by atoms with Crippen LogP contribution in [0.1, 0.15) is 0 Å². The molecular weight excluding hydrogens is 396 g/mol. The molecule has 0 radical (unpaired) electrons. The molecule has 0 aromatic heterocycles. The van der Waals surface area contributed by atoms with Gasteiger partial charge in [0, 0.05) is 41.3 Å². The second-order valence-electron chi connectivity index (χ2n) is 6.49. The molecule has 14 heteroatoms. The lowest BCUT2D eigenvalue weighted by molar-refractivity contribution is -0.461. The second kappa shape index (κ2) is 9.32. The molecule has 162 valence electrons. The van der Waals surface area contributed by atoms with Crippen LogP contribution >= 0.6 is 0 Å². The lowest BCUT2D eigenvalue weighted by atomic mass is 10.2. The van der Waals surface area contributed by atoms with E-state index in [4.69, 9.17) is 11.5 Å². The van der Waals surface area contributed by atoms with E-state index in [1.165, 1.54) is 36.6 Å². The summed E-state index contributed by atoms with van der Waals surface area (Å²) in [6.07, 6.45) is 2.86. The fourth-order valence-electron chi connectivity index (χ4n) is 2.80. The minimum absolute atomic E-state index is 0.268. The summed E-state index contributed by atoms with van der Waals surface area (Å²) in [6.45, 7) is 1.19. The number of likely N-dealkylation sites (N-methyl/N-ethyl adjacent to an activating group) is 4. The van der Waals surface area contributed by atoms with Gasteiger partial charge in [0.15, 0.2) is 0 Å². The molecule has 2 saturated heterocycles. The van der Waals surface area contributed by atoms with Crippen molar-refractivity contribution in [1.29, 1.82) is 0 Å². The van der Waals surface area contributed by atoms with Gasteiger partial charge in [-0.25, -0.2) is 9.59 Å². The Balaban J connectivity index is 0.000000182. The van der Waals surface area contributed by atoms with Crippen LogP contribution in [0.25, 0.3) is 0 Å². The highest BCUT2D eigenvalue weighted by Gasteiger charge is 2.47. The fraction of sp³-hybridized carbons (Fsp3) is 0.500. The molecule has 4 aliphatic heterocycles. The van der Waals surface area contributed by atoms with Gasteiger partial charge in [-0.3, -0.25) is 39.2 Å². The van der Waals surface area contributed by atoms with Gasteiger partial charge in [0.25, 0.3) is 48.2 Å². The molecule has 4 aliphatic rings. The summed E-state index contributed by atoms with van der Waals surface area (Å²) in [5.74, 6) is 0.396. The van der Waals surface area contributed by atoms with Crippen molar-refractivity contribution in [3.8, 4) is 0 Å². The number of urea groups is 2. The lowest BCUT2D eigenvalue weighted by Crippen LogP contribution is -2.83. The van der Waals surface area contributed by atoms with Gasteiger partial charge in [0.1, 0.15) is 0 Å². The number of carbonyl (C=O) groups is 4. The van der Waals surface area contributed by atoms with Crippen LogP contribution in [-0.2, 0) is 9.59 Å². The highest BCUT2D eigenvalue weighted by Crippen LogP contribution is 2.09. The Labute approximate surface area is 172 Å². The molecule has 30 heavy (non-hydrogen) atoms. The molecule has 4 heterocycles. The summed E-state index contributed by atoms with van der Waals surface area (Å²) in [5, 5.41) is 0. The number of nitrogens with two attached hydrogens (primary N) is 2. The standard InChI is InChI=1S/2C7H8N4O2.C2H8N2/c2*1-10-5-4(8-3-9-5)6(12)11(2)7(10)13;3-1-2-4/h2*3-4H,1-2H3;1-4H2/p+2. The number of fused-ring (bicyclic) bond motifs is 2. The van der Waals surface area contributed by atoms with Gasteiger partial charge in [-0.1, -0.05) is 0 Å². The zero-order valence-electron chi connectivity index (χ0n) is 17.2. The van der Waals surface area contributed by atoms with Crippen molar-refractivity contribution in [1.82, 2.24) is 19.6 Å². The van der Waals surface area contributed by atoms with Crippen molar-refractivity contribution in [2.75, 3.05) is 41.3 Å². The molecule has 14 nitrogen and oxygen atoms in total. The molecule has 0 spiro atoms. The lowest BCUT2D eigenvalue weighted by Gasteiger charge is -2.28. The highest BCUT2D eigenvalue weighted by molar-refractivity contribution is 6.21. The van der Waals surface area contributed by atoms with Gasteiger partial charge in [-0.15, -0.1) is 0 Å². The number of rotatable bonds is 1. The third kappa shape index (κ3) is 4.08. The predicted molar refractivity (Wildman–Crippen MR) is 106 cm³/mol. The molecule has 6 N–H and O–H groups in total. The zero-order chi connectivity index (χ0) is 22.6. The van der Waals surface area contributed by atoms with Crippen LogP contribution in [0.4, 0.5) is 9.59 Å². The van der Waals surface area contributed by atoms with Crippen molar-refractivity contribution >= 4 is 48.2 Å². The van der Waals surface area contributed by atoms with Gasteiger partial charge in [0.2, 0.25) is 0 Å². The van der Waals surface area contributed by atoms with Gasteiger partial charge in [0.05, 0.1) is 0 Å². The predicted octanol–water partition coefficient (Wildman–Crippen LogP) is -6.30. The Morgan fingerprint density at radius 3 is 1.37 bits per heavy atom. The first-order valence-corrected chi connectivity index (χ1v) is 8.98. The van der Waals surface area contributed by atoms with E-state index in [0.29, 0.717) is 24.8 Å². The summed E-state index contributed by atoms with van der Waals surface area (Å²) in [5.41, 5.74) is 9.81. The number of amides is 6. The van der Waals surface area contributed by atoms with Crippen LogP contribution in [0.3, 0.4) is 0 Å². The Hall–Kier alpha value is -3.52. The van der Waals surface area contributed by atoms with Crippen LogP contribution in [0.5, 0.6) is 0 Å². The van der Waals surface area contributed by atoms with E-state index in [9.17, 15) is 19.2 Å². The van der Waals surface area contributed by atoms with Crippen molar-refractivity contribution in [2.24, 2.45) is 21.5 Å². The van der Waals surface area contributed by atoms with Crippen molar-refractivity contribution in [2.45, 2.75) is 12.1 Å². The van der Waals surface area contributed by atoms with Gasteiger partial charge in [-0.2, -0.15) is 0 Å². The average Bonchev–Trinajstić information content (AvgIpc) is 3.44. The Bertz CT molecular complexity index is 794. The summed E-state index contributed by atoms with van der Waals surface area (Å²) in [7, 11) is 6.10. The van der Waals surface area contributed by atoms with E-state index in [-0.39, 0.29) is 23.9 Å². The van der Waals surface area contributed by atoms with Crippen LogP contribution in [0.2, 0.25) is 0 Å². The molecule has 0 aliphatic carbocycles. The van der Waals surface area contributed by atoms with Crippen LogP contribution in [0.15, 0.2) is 9.98 Å². The van der Waals surface area contributed by atoms with Gasteiger partial charge in [-0.05, 0) is 9.98 Å². The Morgan fingerprint density at radius 2 is 1.07 bits per heavy atom. The maximum Gasteiger partial charge on any atom is 0.333 e. The number of amidine groups is 2. The summed E-state index contributed by atoms with van der Waals surface area (Å²) >= 11 is 0. The SMILES string of the molecule is CN1C(=O)C2[NH+]=CN=C2N(C)C1=O.CN1C(=O)C2[NH+]=CN=C2N(C)C1=O.NCCN. The molecule has 0 aromatic carbocycles. The first kappa shape index (κ1) is 22.8. The Kier molecular flexibility index (Phi) is 7.07. The quantitative estimate of drug-likeness (QED) is 0.325. The number of hydrogen-bond acceptors (Lipinski definition) is 8. The summed E-state index contributed by atoms with van der Waals surface area (Å²) < 4.78 is 0. The molecule has 2 fully saturated rings. The Morgan fingerprint density at radius 1 is 0.733 bits per heavy atom. The van der Waals surface area contributed by atoms with Gasteiger partial charge < -0.3 is 11.5 Å². The number of hydrogen-bond donors (Lipinski definition) is 4. The second-order valence-corrected chi connectivity index (χ2v) is 6.49. The maximum atomic E-state index is 11.5. The fourth-order valence-corrected chi connectivity index (χ4v) is 2.80. The number of nitrogens with one attached hydrogen (secondary N) is 2. The van der Waals surface area contributed by atoms with Gasteiger partial charge >= 0.3 is 12.1 Å². The zero-order valence-corrected chi connectivity index (χ0v) is 17.2. The van der Waals surface area contributed by atoms with Crippen LogP contribution in [0, 0.1) is 0 Å². The molecule has 0 aromatic rings. The molecule has 2 unspecified atom stereocenters. The van der Waals surface area contributed by atoms with E-state index >= 15 is 0 Å². The molecule has 0 bridgehead atoms. The number of aliphatic imine (C=N–C) groups is 2. The third-order valence-electron chi connectivity index (χ3n) is 4.55. The molecule has 2 atom stereocenters. The van der Waals surface area contributed by atoms with E-state index in [0.717, 1.165) is 9.80 Å². The van der Waals surface area contributed by atoms with E-state index in [1.54, 1.807) is 14.1 Å². The van der Waals surface area contributed by atoms with E-state index < -0.39 is 12.1 Å². The van der Waals surface area contributed by atoms with Crippen LogP contribution < -0.4 is 21.5 Å². The number of imide groups is 2. The molecule has 4 rings (SSSR count). The minimum atomic E-state index is -0.493.